The Balaban J connectivity index is 0.00000225. The molecule has 30 heavy (non-hydrogen) atoms. The highest BCUT2D eigenvalue weighted by Gasteiger charge is 2.21. The third-order valence-corrected chi connectivity index (χ3v) is 5.26. The zero-order valence-corrected chi connectivity index (χ0v) is 19.6. The highest BCUT2D eigenvalue weighted by molar-refractivity contribution is 5.85. The lowest BCUT2D eigenvalue weighted by Crippen LogP contribution is -2.49. The molecule has 168 valence electrons. The summed E-state index contributed by atoms with van der Waals surface area (Å²) in [6.45, 7) is 8.96. The van der Waals surface area contributed by atoms with Gasteiger partial charge in [-0.1, -0.05) is 38.1 Å². The van der Waals surface area contributed by atoms with Crippen molar-refractivity contribution in [1.29, 1.82) is 0 Å². The summed E-state index contributed by atoms with van der Waals surface area (Å²) in [5.41, 5.74) is 2.43. The van der Waals surface area contributed by atoms with E-state index in [1.165, 1.54) is 5.56 Å². The van der Waals surface area contributed by atoms with Gasteiger partial charge in [-0.15, -0.1) is 24.8 Å². The Hall–Kier alpha value is -1.66. The maximum Gasteiger partial charge on any atom is 0.142 e. The number of ether oxygens (including phenoxy) is 2. The van der Waals surface area contributed by atoms with Crippen molar-refractivity contribution in [3.8, 4) is 11.5 Å². The number of hydrogen-bond donors (Lipinski definition) is 1. The van der Waals surface area contributed by atoms with Crippen LogP contribution in [0.5, 0.6) is 11.5 Å². The summed E-state index contributed by atoms with van der Waals surface area (Å²) in [6, 6.07) is 16.3. The van der Waals surface area contributed by atoms with Crippen LogP contribution in [-0.4, -0.2) is 62.6 Å². The van der Waals surface area contributed by atoms with Crippen molar-refractivity contribution < 1.29 is 14.6 Å². The molecule has 0 aromatic heterocycles. The van der Waals surface area contributed by atoms with Gasteiger partial charge in [0.25, 0.3) is 0 Å². The Morgan fingerprint density at radius 2 is 1.57 bits per heavy atom. The fraction of sp³-hybridized carbons (Fsp3) is 0.478. The summed E-state index contributed by atoms with van der Waals surface area (Å²) in [5.74, 6) is 2.23. The SMILES string of the molecule is COc1ccccc1N1CCN(CC(O)COc2ccc(C(C)C)cc2)CC1.Cl.Cl. The quantitative estimate of drug-likeness (QED) is 0.643. The summed E-state index contributed by atoms with van der Waals surface area (Å²) >= 11 is 0. The molecule has 2 aromatic carbocycles. The second-order valence-electron chi connectivity index (χ2n) is 7.65. The lowest BCUT2D eigenvalue weighted by molar-refractivity contribution is 0.0663. The van der Waals surface area contributed by atoms with Gasteiger partial charge in [0, 0.05) is 32.7 Å². The Morgan fingerprint density at radius 3 is 2.17 bits per heavy atom. The van der Waals surface area contributed by atoms with Crippen LogP contribution >= 0.6 is 24.8 Å². The van der Waals surface area contributed by atoms with Crippen LogP contribution in [0.3, 0.4) is 0 Å². The molecule has 0 bridgehead atoms. The number of hydrogen-bond acceptors (Lipinski definition) is 5. The lowest BCUT2D eigenvalue weighted by Gasteiger charge is -2.37. The van der Waals surface area contributed by atoms with Crippen LogP contribution in [0.4, 0.5) is 5.69 Å². The number of β-amino-alcohol motifs (C(OH)–C–C–N with tert-alkyl or cyclic N) is 1. The van der Waals surface area contributed by atoms with E-state index in [9.17, 15) is 5.11 Å². The van der Waals surface area contributed by atoms with Gasteiger partial charge in [0.15, 0.2) is 0 Å². The minimum atomic E-state index is -0.498. The maximum absolute atomic E-state index is 10.4. The van der Waals surface area contributed by atoms with Crippen LogP contribution in [0, 0.1) is 0 Å². The van der Waals surface area contributed by atoms with Crippen LogP contribution in [0.2, 0.25) is 0 Å². The van der Waals surface area contributed by atoms with Gasteiger partial charge in [0.05, 0.1) is 12.8 Å². The number of methoxy groups -OCH3 is 1. The van der Waals surface area contributed by atoms with Gasteiger partial charge in [-0.05, 0) is 35.7 Å². The van der Waals surface area contributed by atoms with Crippen LogP contribution in [0.15, 0.2) is 48.5 Å². The lowest BCUT2D eigenvalue weighted by atomic mass is 10.0. The fourth-order valence-corrected chi connectivity index (χ4v) is 3.55. The average Bonchev–Trinajstić information content (AvgIpc) is 2.73. The van der Waals surface area contributed by atoms with E-state index in [4.69, 9.17) is 9.47 Å². The largest absolute Gasteiger partial charge is 0.495 e. The van der Waals surface area contributed by atoms with Crippen molar-refractivity contribution in [3.05, 3.63) is 54.1 Å². The second-order valence-corrected chi connectivity index (χ2v) is 7.65. The number of aliphatic hydroxyl groups excluding tert-OH is 1. The van der Waals surface area contributed by atoms with Crippen molar-refractivity contribution in [3.63, 3.8) is 0 Å². The number of piperazine rings is 1. The highest BCUT2D eigenvalue weighted by Crippen LogP contribution is 2.28. The van der Waals surface area contributed by atoms with Crippen molar-refractivity contribution in [2.45, 2.75) is 25.9 Å². The molecule has 1 N–H and O–H groups in total. The molecule has 1 atom stereocenters. The molecular formula is C23H34Cl2N2O3. The highest BCUT2D eigenvalue weighted by atomic mass is 35.5. The number of anilines is 1. The summed E-state index contributed by atoms with van der Waals surface area (Å²) in [4.78, 5) is 4.64. The van der Waals surface area contributed by atoms with Crippen LogP contribution in [-0.2, 0) is 0 Å². The van der Waals surface area contributed by atoms with E-state index in [0.29, 0.717) is 19.1 Å². The van der Waals surface area contributed by atoms with Gasteiger partial charge in [-0.3, -0.25) is 4.90 Å². The molecule has 0 aliphatic carbocycles. The smallest absolute Gasteiger partial charge is 0.142 e. The number of halogens is 2. The molecule has 5 nitrogen and oxygen atoms in total. The van der Waals surface area contributed by atoms with E-state index < -0.39 is 6.10 Å². The third-order valence-electron chi connectivity index (χ3n) is 5.26. The first kappa shape index (κ1) is 26.4. The Morgan fingerprint density at radius 1 is 0.933 bits per heavy atom. The van der Waals surface area contributed by atoms with Crippen molar-refractivity contribution in [2.24, 2.45) is 0 Å². The number of benzene rings is 2. The van der Waals surface area contributed by atoms with E-state index in [-0.39, 0.29) is 24.8 Å². The first-order valence-corrected chi connectivity index (χ1v) is 10.1. The average molecular weight is 457 g/mol. The molecule has 7 heteroatoms. The van der Waals surface area contributed by atoms with Crippen LogP contribution in [0.1, 0.15) is 25.3 Å². The Kier molecular flexibility index (Phi) is 11.3. The predicted octanol–water partition coefficient (Wildman–Crippen LogP) is 4.22. The molecule has 0 radical (unpaired) electrons. The first-order chi connectivity index (χ1) is 13.6. The monoisotopic (exact) mass is 456 g/mol. The maximum atomic E-state index is 10.4. The minimum absolute atomic E-state index is 0. The molecule has 1 unspecified atom stereocenters. The van der Waals surface area contributed by atoms with E-state index in [1.54, 1.807) is 7.11 Å². The molecule has 3 rings (SSSR count). The van der Waals surface area contributed by atoms with E-state index >= 15 is 0 Å². The normalized spacial score (nSPS) is 15.2. The zero-order chi connectivity index (χ0) is 19.9. The molecule has 1 aliphatic rings. The number of aliphatic hydroxyl groups is 1. The van der Waals surface area contributed by atoms with Gasteiger partial charge < -0.3 is 19.5 Å². The number of para-hydroxylation sites is 2. The topological polar surface area (TPSA) is 45.2 Å². The summed E-state index contributed by atoms with van der Waals surface area (Å²) in [6.07, 6.45) is -0.498. The number of rotatable bonds is 8. The van der Waals surface area contributed by atoms with Crippen LogP contribution in [0.25, 0.3) is 0 Å². The van der Waals surface area contributed by atoms with E-state index in [0.717, 1.165) is 43.4 Å². The standard InChI is InChI=1S/C23H32N2O3.2ClH/c1-18(2)19-8-10-21(11-9-19)28-17-20(26)16-24-12-14-25(15-13-24)22-6-4-5-7-23(22)27-3;;/h4-11,18,20,26H,12-17H2,1-3H3;2*1H. The zero-order valence-electron chi connectivity index (χ0n) is 18.0. The summed E-state index contributed by atoms with van der Waals surface area (Å²) in [7, 11) is 1.71. The minimum Gasteiger partial charge on any atom is -0.495 e. The number of nitrogens with zero attached hydrogens (tertiary/aromatic N) is 2. The van der Waals surface area contributed by atoms with Gasteiger partial charge in [-0.2, -0.15) is 0 Å². The van der Waals surface area contributed by atoms with Crippen molar-refractivity contribution in [2.75, 3.05) is 51.3 Å². The molecule has 1 fully saturated rings. The third kappa shape index (κ3) is 7.24. The van der Waals surface area contributed by atoms with Gasteiger partial charge in [0.1, 0.15) is 24.2 Å². The molecule has 2 aromatic rings. The van der Waals surface area contributed by atoms with Crippen LogP contribution < -0.4 is 14.4 Å². The molecule has 0 spiro atoms. The van der Waals surface area contributed by atoms with Gasteiger partial charge in [0.2, 0.25) is 0 Å². The molecule has 1 aliphatic heterocycles. The summed E-state index contributed by atoms with van der Waals surface area (Å²) in [5, 5.41) is 10.4. The molecule has 0 saturated carbocycles. The molecule has 1 heterocycles. The second kappa shape index (κ2) is 12.9. The molecular weight excluding hydrogens is 423 g/mol. The van der Waals surface area contributed by atoms with E-state index in [1.807, 2.05) is 30.3 Å². The Bertz CT molecular complexity index is 735. The molecule has 0 amide bonds. The van der Waals surface area contributed by atoms with Crippen molar-refractivity contribution >= 4 is 30.5 Å². The van der Waals surface area contributed by atoms with Crippen molar-refractivity contribution in [1.82, 2.24) is 4.90 Å². The van der Waals surface area contributed by atoms with Gasteiger partial charge >= 0.3 is 0 Å². The van der Waals surface area contributed by atoms with Gasteiger partial charge in [-0.25, -0.2) is 0 Å². The molecule has 1 saturated heterocycles. The Labute approximate surface area is 192 Å². The fourth-order valence-electron chi connectivity index (χ4n) is 3.55. The predicted molar refractivity (Wildman–Crippen MR) is 128 cm³/mol. The summed E-state index contributed by atoms with van der Waals surface area (Å²) < 4.78 is 11.2. The first-order valence-electron chi connectivity index (χ1n) is 10.1. The van der Waals surface area contributed by atoms with E-state index in [2.05, 4.69) is 41.8 Å².